The summed E-state index contributed by atoms with van der Waals surface area (Å²) in [5, 5.41) is 13.4. The zero-order chi connectivity index (χ0) is 34.2. The molecule has 2 aliphatic heterocycles. The molecule has 3 aromatic carbocycles. The average Bonchev–Trinajstić information content (AvgIpc) is 3.78. The van der Waals surface area contributed by atoms with Gasteiger partial charge in [0.15, 0.2) is 6.61 Å². The lowest BCUT2D eigenvalue weighted by molar-refractivity contribution is -0.139. The summed E-state index contributed by atoms with van der Waals surface area (Å²) in [6.45, 7) is 1.66. The lowest BCUT2D eigenvalue weighted by Gasteiger charge is -2.49. The number of carboxylic acids is 1. The molecule has 256 valence electrons. The number of rotatable bonds is 12. The molecule has 2 heterocycles. The standard InChI is InChI=1S/C35H39Cl2N3O7S/c1-20(17-21-11-14-23(15-12-21)46-19-30(41)42)38-34-33(47-34)31-24-7-3-4-8-25(24)35(43)40(32(31)26-16-13-22(36)18-27(26)37)29-10-6-5-9-28(29)39-48(2,44)45/h3-4,7-8,11-16,18,20,28-29,31-34,38-39H,5-6,9-10,17,19H2,1-2H3,(H,41,42)/t20?,28-,29-,31+,32-,33?,34?/m0/s1. The number of benzene rings is 3. The number of amides is 1. The highest BCUT2D eigenvalue weighted by Crippen LogP contribution is 2.53. The van der Waals surface area contributed by atoms with Crippen molar-refractivity contribution in [3.8, 4) is 5.75 Å². The number of epoxide rings is 1. The molecule has 1 amide bonds. The fourth-order valence-electron chi connectivity index (χ4n) is 7.34. The number of ether oxygens (including phenoxy) is 2. The highest BCUT2D eigenvalue weighted by molar-refractivity contribution is 7.88. The van der Waals surface area contributed by atoms with Crippen LogP contribution in [-0.4, -0.2) is 73.6 Å². The third-order valence-electron chi connectivity index (χ3n) is 9.31. The van der Waals surface area contributed by atoms with Crippen molar-refractivity contribution < 1.29 is 32.6 Å². The van der Waals surface area contributed by atoms with Gasteiger partial charge < -0.3 is 19.5 Å². The Labute approximate surface area is 290 Å². The Morgan fingerprint density at radius 1 is 1.06 bits per heavy atom. The smallest absolute Gasteiger partial charge is 0.341 e. The zero-order valence-electron chi connectivity index (χ0n) is 26.6. The minimum atomic E-state index is -3.54. The van der Waals surface area contributed by atoms with Crippen LogP contribution >= 0.6 is 23.2 Å². The first kappa shape index (κ1) is 34.7. The van der Waals surface area contributed by atoms with Crippen LogP contribution in [-0.2, 0) is 26.0 Å². The Morgan fingerprint density at radius 2 is 1.79 bits per heavy atom. The van der Waals surface area contributed by atoms with E-state index in [1.807, 2.05) is 47.4 Å². The second-order valence-corrected chi connectivity index (χ2v) is 15.5. The van der Waals surface area contributed by atoms with E-state index in [4.69, 9.17) is 37.8 Å². The van der Waals surface area contributed by atoms with E-state index in [2.05, 4.69) is 17.0 Å². The number of carbonyl (C=O) groups excluding carboxylic acids is 1. The summed E-state index contributed by atoms with van der Waals surface area (Å²) in [6.07, 6.45) is 4.19. The van der Waals surface area contributed by atoms with Crippen molar-refractivity contribution in [3.05, 3.63) is 99.0 Å². The molecule has 0 spiro atoms. The molecule has 0 bridgehead atoms. The van der Waals surface area contributed by atoms with Crippen LogP contribution in [0.4, 0.5) is 0 Å². The van der Waals surface area contributed by atoms with Crippen LogP contribution in [0.15, 0.2) is 66.7 Å². The van der Waals surface area contributed by atoms with E-state index in [1.54, 1.807) is 24.3 Å². The third kappa shape index (κ3) is 7.82. The maximum atomic E-state index is 14.5. The molecule has 3 aliphatic rings. The lowest BCUT2D eigenvalue weighted by atomic mass is 9.75. The van der Waals surface area contributed by atoms with Gasteiger partial charge in [0.25, 0.3) is 5.91 Å². The first-order valence-corrected chi connectivity index (χ1v) is 18.7. The molecular formula is C35H39Cl2N3O7S. The number of sulfonamides is 1. The second-order valence-electron chi connectivity index (χ2n) is 12.9. The van der Waals surface area contributed by atoms with Crippen LogP contribution in [0.2, 0.25) is 10.0 Å². The third-order valence-corrected chi connectivity index (χ3v) is 10.6. The van der Waals surface area contributed by atoms with E-state index in [1.165, 1.54) is 0 Å². The Balaban J connectivity index is 1.31. The minimum Gasteiger partial charge on any atom is -0.482 e. The van der Waals surface area contributed by atoms with E-state index in [0.29, 0.717) is 40.6 Å². The summed E-state index contributed by atoms with van der Waals surface area (Å²) in [5.41, 5.74) is 3.20. The maximum Gasteiger partial charge on any atom is 0.341 e. The fourth-order valence-corrected chi connectivity index (χ4v) is 8.68. The monoisotopic (exact) mass is 715 g/mol. The summed E-state index contributed by atoms with van der Waals surface area (Å²) in [6, 6.07) is 18.8. The first-order chi connectivity index (χ1) is 22.9. The van der Waals surface area contributed by atoms with Gasteiger partial charge in [-0.05, 0) is 73.2 Å². The molecule has 1 saturated heterocycles. The van der Waals surface area contributed by atoms with Gasteiger partial charge in [0.2, 0.25) is 10.0 Å². The van der Waals surface area contributed by atoms with Gasteiger partial charge >= 0.3 is 5.97 Å². The van der Waals surface area contributed by atoms with E-state index in [-0.39, 0.29) is 30.2 Å². The second kappa shape index (κ2) is 14.3. The molecule has 48 heavy (non-hydrogen) atoms. The predicted molar refractivity (Wildman–Crippen MR) is 183 cm³/mol. The molecule has 10 nitrogen and oxygen atoms in total. The predicted octanol–water partition coefficient (Wildman–Crippen LogP) is 5.54. The van der Waals surface area contributed by atoms with Crippen molar-refractivity contribution >= 4 is 45.1 Å². The molecule has 6 rings (SSSR count). The molecule has 1 saturated carbocycles. The molecule has 3 N–H and O–H groups in total. The zero-order valence-corrected chi connectivity index (χ0v) is 29.0. The van der Waals surface area contributed by atoms with Crippen LogP contribution < -0.4 is 14.8 Å². The van der Waals surface area contributed by atoms with Crippen LogP contribution in [0, 0.1) is 0 Å². The number of carboxylic acid groups (broad SMARTS) is 1. The molecule has 3 aromatic rings. The van der Waals surface area contributed by atoms with Crippen LogP contribution in [0.3, 0.4) is 0 Å². The number of fused-ring (bicyclic) bond motifs is 1. The number of nitrogens with zero attached hydrogens (tertiary/aromatic N) is 1. The van der Waals surface area contributed by atoms with Crippen LogP contribution in [0.25, 0.3) is 0 Å². The van der Waals surface area contributed by atoms with E-state index in [9.17, 15) is 18.0 Å². The van der Waals surface area contributed by atoms with E-state index >= 15 is 0 Å². The Bertz CT molecular complexity index is 1770. The van der Waals surface area contributed by atoms with Crippen molar-refractivity contribution in [2.75, 3.05) is 12.9 Å². The molecule has 0 aromatic heterocycles. The molecule has 13 heteroatoms. The van der Waals surface area contributed by atoms with Crippen molar-refractivity contribution in [1.82, 2.24) is 14.9 Å². The van der Waals surface area contributed by atoms with Gasteiger partial charge in [-0.3, -0.25) is 10.1 Å². The summed E-state index contributed by atoms with van der Waals surface area (Å²) < 4.78 is 39.4. The van der Waals surface area contributed by atoms with Gasteiger partial charge in [-0.25, -0.2) is 17.9 Å². The van der Waals surface area contributed by atoms with E-state index < -0.39 is 40.7 Å². The van der Waals surface area contributed by atoms with Crippen molar-refractivity contribution in [1.29, 1.82) is 0 Å². The topological polar surface area (TPSA) is 138 Å². The Morgan fingerprint density at radius 3 is 2.50 bits per heavy atom. The fraction of sp³-hybridized carbons (Fsp3) is 0.429. The summed E-state index contributed by atoms with van der Waals surface area (Å²) in [7, 11) is -3.54. The quantitative estimate of drug-likeness (QED) is 0.208. The lowest BCUT2D eigenvalue weighted by Crippen LogP contribution is -2.58. The van der Waals surface area contributed by atoms with E-state index in [0.717, 1.165) is 35.8 Å². The van der Waals surface area contributed by atoms with Gasteiger partial charge in [-0.15, -0.1) is 0 Å². The van der Waals surface area contributed by atoms with Crippen molar-refractivity contribution in [2.45, 2.75) is 81.4 Å². The minimum absolute atomic E-state index is 0.0154. The maximum absolute atomic E-state index is 14.5. The molecule has 0 radical (unpaired) electrons. The number of hydrogen-bond acceptors (Lipinski definition) is 7. The first-order valence-electron chi connectivity index (χ1n) is 16.1. The summed E-state index contributed by atoms with van der Waals surface area (Å²) in [4.78, 5) is 27.2. The number of carbonyl (C=O) groups is 2. The van der Waals surface area contributed by atoms with Gasteiger partial charge in [0, 0.05) is 39.7 Å². The van der Waals surface area contributed by atoms with Crippen LogP contribution in [0.1, 0.15) is 71.6 Å². The number of aliphatic carboxylic acids is 1. The highest BCUT2D eigenvalue weighted by Gasteiger charge is 2.56. The number of hydrogen-bond donors (Lipinski definition) is 3. The molecule has 3 unspecified atom stereocenters. The molecular weight excluding hydrogens is 677 g/mol. The normalized spacial score (nSPS) is 26.1. The Kier molecular flexibility index (Phi) is 10.4. The average molecular weight is 717 g/mol. The Hall–Kier alpha value is -3.19. The molecule has 7 atom stereocenters. The summed E-state index contributed by atoms with van der Waals surface area (Å²) in [5.74, 6) is -1.02. The van der Waals surface area contributed by atoms with Gasteiger partial charge in [0.05, 0.1) is 12.3 Å². The van der Waals surface area contributed by atoms with Crippen molar-refractivity contribution in [3.63, 3.8) is 0 Å². The van der Waals surface area contributed by atoms with Crippen LogP contribution in [0.5, 0.6) is 5.75 Å². The summed E-state index contributed by atoms with van der Waals surface area (Å²) >= 11 is 13.2. The van der Waals surface area contributed by atoms with Gasteiger partial charge in [-0.2, -0.15) is 0 Å². The SMILES string of the molecule is CC(Cc1ccc(OCC(=O)O)cc1)NC1OC1[C@@H]1c2ccccc2C(=O)N([C@H]2CCCC[C@@H]2NS(C)(=O)=O)[C@H]1c1ccc(Cl)cc1Cl. The number of nitrogens with one attached hydrogen (secondary N) is 2. The molecule has 2 fully saturated rings. The van der Waals surface area contributed by atoms with Crippen molar-refractivity contribution in [2.24, 2.45) is 0 Å². The van der Waals surface area contributed by atoms with Gasteiger partial charge in [-0.1, -0.05) is 72.4 Å². The number of halogens is 2. The molecule has 1 aliphatic carbocycles. The van der Waals surface area contributed by atoms with Gasteiger partial charge in [0.1, 0.15) is 18.1 Å². The highest BCUT2D eigenvalue weighted by atomic mass is 35.5. The largest absolute Gasteiger partial charge is 0.482 e.